The number of hydrogen-bond donors (Lipinski definition) is 1. The number of ketones is 1. The number of rotatable bonds is 4. The van der Waals surface area contributed by atoms with Gasteiger partial charge in [-0.15, -0.1) is 0 Å². The molecule has 5 nitrogen and oxygen atoms in total. The van der Waals surface area contributed by atoms with Crippen molar-refractivity contribution in [1.82, 2.24) is 0 Å². The SMILES string of the molecule is O=C(COc1ccccc1)OC1C#CC=CC#CC2(O)CCC=C1C2=O. The number of hydrogen-bond acceptors (Lipinski definition) is 5. The normalized spacial score (nSPS) is 23.5. The number of allylic oxidation sites excluding steroid dienone is 3. The molecule has 2 atom stereocenters. The van der Waals surface area contributed by atoms with Crippen LogP contribution in [0.1, 0.15) is 12.8 Å². The van der Waals surface area contributed by atoms with Crippen LogP contribution in [0.25, 0.3) is 0 Å². The highest BCUT2D eigenvalue weighted by Gasteiger charge is 2.41. The summed E-state index contributed by atoms with van der Waals surface area (Å²) in [4.78, 5) is 24.7. The lowest BCUT2D eigenvalue weighted by molar-refractivity contribution is -0.148. The van der Waals surface area contributed by atoms with Gasteiger partial charge in [-0.05, 0) is 43.0 Å². The molecular weight excluding hydrogens is 332 g/mol. The molecule has 0 saturated heterocycles. The summed E-state index contributed by atoms with van der Waals surface area (Å²) in [5.74, 6) is 9.88. The maximum atomic E-state index is 12.6. The number of fused-ring (bicyclic) bond motifs is 2. The van der Waals surface area contributed by atoms with Crippen molar-refractivity contribution in [2.24, 2.45) is 0 Å². The van der Waals surface area contributed by atoms with Crippen molar-refractivity contribution in [2.75, 3.05) is 6.61 Å². The number of Topliss-reactive ketones (excluding diaryl/α,β-unsaturated/α-hetero) is 1. The Labute approximate surface area is 151 Å². The highest BCUT2D eigenvalue weighted by Crippen LogP contribution is 2.27. The molecule has 0 aromatic heterocycles. The van der Waals surface area contributed by atoms with Crippen molar-refractivity contribution in [1.29, 1.82) is 0 Å². The highest BCUT2D eigenvalue weighted by atomic mass is 16.6. The van der Waals surface area contributed by atoms with Gasteiger partial charge < -0.3 is 14.6 Å². The fraction of sp³-hybridized carbons (Fsp3) is 0.238. The van der Waals surface area contributed by atoms with E-state index in [0.717, 1.165) is 0 Å². The Morgan fingerprint density at radius 1 is 1.23 bits per heavy atom. The summed E-state index contributed by atoms with van der Waals surface area (Å²) in [6, 6.07) is 8.83. The minimum atomic E-state index is -1.78. The highest BCUT2D eigenvalue weighted by molar-refractivity contribution is 6.06. The van der Waals surface area contributed by atoms with Gasteiger partial charge in [0, 0.05) is 5.57 Å². The topological polar surface area (TPSA) is 72.8 Å². The first-order valence-corrected chi connectivity index (χ1v) is 8.12. The predicted octanol–water partition coefficient (Wildman–Crippen LogP) is 1.57. The molecule has 1 aromatic carbocycles. The minimum Gasteiger partial charge on any atom is -0.482 e. The predicted molar refractivity (Wildman–Crippen MR) is 93.8 cm³/mol. The van der Waals surface area contributed by atoms with Gasteiger partial charge in [-0.3, -0.25) is 4.79 Å². The fourth-order valence-electron chi connectivity index (χ4n) is 2.59. The van der Waals surface area contributed by atoms with Crippen LogP contribution in [-0.2, 0) is 14.3 Å². The van der Waals surface area contributed by atoms with Gasteiger partial charge in [-0.2, -0.15) is 0 Å². The van der Waals surface area contributed by atoms with Crippen LogP contribution in [0.15, 0.2) is 54.1 Å². The molecule has 3 rings (SSSR count). The summed E-state index contributed by atoms with van der Waals surface area (Å²) >= 11 is 0. The van der Waals surface area contributed by atoms with Crippen molar-refractivity contribution in [3.05, 3.63) is 54.1 Å². The van der Waals surface area contributed by atoms with Gasteiger partial charge in [-0.1, -0.05) is 42.0 Å². The quantitative estimate of drug-likeness (QED) is 0.661. The number of esters is 1. The molecule has 0 fully saturated rings. The molecule has 0 spiro atoms. The van der Waals surface area contributed by atoms with Gasteiger partial charge in [0.25, 0.3) is 0 Å². The number of carbonyl (C=O) groups is 2. The van der Waals surface area contributed by atoms with E-state index in [0.29, 0.717) is 12.2 Å². The number of aliphatic hydroxyl groups is 1. The van der Waals surface area contributed by atoms with E-state index in [1.807, 2.05) is 6.07 Å². The standard InChI is InChI=1S/C21H16O5/c22-19(15-25-16-9-4-3-5-10-16)26-18-12-6-1-2-7-13-21(24)14-8-11-17(18)20(21)23/h1-5,9-11,18,24H,8,14-15H2. The number of benzene rings is 1. The van der Waals surface area contributed by atoms with Crippen LogP contribution in [0, 0.1) is 23.7 Å². The molecule has 0 amide bonds. The first-order chi connectivity index (χ1) is 12.6. The summed E-state index contributed by atoms with van der Waals surface area (Å²) in [5.41, 5.74) is -1.64. The second-order valence-electron chi connectivity index (χ2n) is 5.75. The van der Waals surface area contributed by atoms with Gasteiger partial charge in [0.15, 0.2) is 18.3 Å². The Bertz CT molecular complexity index is 889. The molecule has 130 valence electrons. The van der Waals surface area contributed by atoms with E-state index in [9.17, 15) is 14.7 Å². The second kappa shape index (κ2) is 7.74. The summed E-state index contributed by atoms with van der Waals surface area (Å²) in [6.45, 7) is -0.316. The molecule has 26 heavy (non-hydrogen) atoms. The molecule has 2 bridgehead atoms. The van der Waals surface area contributed by atoms with E-state index in [4.69, 9.17) is 9.47 Å². The molecule has 2 aliphatic carbocycles. The minimum absolute atomic E-state index is 0.143. The van der Waals surface area contributed by atoms with Gasteiger partial charge in [0.05, 0.1) is 0 Å². The molecule has 0 radical (unpaired) electrons. The molecular formula is C21H16O5. The van der Waals surface area contributed by atoms with Crippen LogP contribution in [-0.4, -0.2) is 35.2 Å². The third-order valence-corrected chi connectivity index (χ3v) is 3.88. The van der Waals surface area contributed by atoms with Crippen LogP contribution < -0.4 is 4.74 Å². The van der Waals surface area contributed by atoms with Crippen molar-refractivity contribution in [2.45, 2.75) is 24.5 Å². The monoisotopic (exact) mass is 348 g/mol. The lowest BCUT2D eigenvalue weighted by Gasteiger charge is -2.28. The van der Waals surface area contributed by atoms with Crippen molar-refractivity contribution in [3.63, 3.8) is 0 Å². The fourth-order valence-corrected chi connectivity index (χ4v) is 2.59. The molecule has 5 heteroatoms. The number of carbonyl (C=O) groups excluding carboxylic acids is 2. The molecule has 2 aliphatic rings. The number of ether oxygens (including phenoxy) is 2. The largest absolute Gasteiger partial charge is 0.482 e. The van der Waals surface area contributed by atoms with Crippen molar-refractivity contribution < 1.29 is 24.2 Å². The zero-order valence-corrected chi connectivity index (χ0v) is 13.9. The van der Waals surface area contributed by atoms with Gasteiger partial charge >= 0.3 is 5.97 Å². The van der Waals surface area contributed by atoms with Crippen LogP contribution in [0.2, 0.25) is 0 Å². The average Bonchev–Trinajstić information content (AvgIpc) is 2.64. The first kappa shape index (κ1) is 17.5. The van der Waals surface area contributed by atoms with E-state index >= 15 is 0 Å². The molecule has 1 N–H and O–H groups in total. The zero-order chi connectivity index (χ0) is 18.4. The smallest absolute Gasteiger partial charge is 0.345 e. The first-order valence-electron chi connectivity index (χ1n) is 8.12. The van der Waals surface area contributed by atoms with Crippen LogP contribution in [0.3, 0.4) is 0 Å². The maximum Gasteiger partial charge on any atom is 0.345 e. The van der Waals surface area contributed by atoms with E-state index in [1.54, 1.807) is 30.3 Å². The maximum absolute atomic E-state index is 12.6. The Hall–Kier alpha value is -3.28. The summed E-state index contributed by atoms with van der Waals surface area (Å²) in [7, 11) is 0. The van der Waals surface area contributed by atoms with Crippen LogP contribution in [0.4, 0.5) is 0 Å². The van der Waals surface area contributed by atoms with Gasteiger partial charge in [0.2, 0.25) is 5.78 Å². The third kappa shape index (κ3) is 4.03. The van der Waals surface area contributed by atoms with E-state index < -0.39 is 23.5 Å². The van der Waals surface area contributed by atoms with E-state index in [2.05, 4.69) is 23.7 Å². The summed E-state index contributed by atoms with van der Waals surface area (Å²) in [5, 5.41) is 10.5. The Balaban J connectivity index is 1.75. The molecule has 0 heterocycles. The molecule has 1 aromatic rings. The Morgan fingerprint density at radius 3 is 2.81 bits per heavy atom. The Kier molecular flexibility index (Phi) is 5.22. The third-order valence-electron chi connectivity index (χ3n) is 3.88. The van der Waals surface area contributed by atoms with Gasteiger partial charge in [0.1, 0.15) is 5.75 Å². The number of para-hydroxylation sites is 1. The summed E-state index contributed by atoms with van der Waals surface area (Å²) in [6.07, 6.45) is 4.11. The Morgan fingerprint density at radius 2 is 2.00 bits per heavy atom. The molecule has 2 unspecified atom stereocenters. The molecule has 0 saturated carbocycles. The second-order valence-corrected chi connectivity index (χ2v) is 5.75. The van der Waals surface area contributed by atoms with Crippen molar-refractivity contribution >= 4 is 11.8 Å². The average molecular weight is 348 g/mol. The van der Waals surface area contributed by atoms with Crippen LogP contribution in [0.5, 0.6) is 5.75 Å². The van der Waals surface area contributed by atoms with E-state index in [-0.39, 0.29) is 18.6 Å². The zero-order valence-electron chi connectivity index (χ0n) is 13.9. The van der Waals surface area contributed by atoms with Crippen LogP contribution >= 0.6 is 0 Å². The van der Waals surface area contributed by atoms with E-state index in [1.165, 1.54) is 12.2 Å². The van der Waals surface area contributed by atoms with Gasteiger partial charge in [-0.25, -0.2) is 4.79 Å². The molecule has 0 aliphatic heterocycles. The lowest BCUT2D eigenvalue weighted by atomic mass is 9.81. The summed E-state index contributed by atoms with van der Waals surface area (Å²) < 4.78 is 10.7. The van der Waals surface area contributed by atoms with Crippen molar-refractivity contribution in [3.8, 4) is 29.4 Å². The lowest BCUT2D eigenvalue weighted by Crippen LogP contribution is -2.43.